The Hall–Kier alpha value is -2.35. The fraction of sp³-hybridized carbons (Fsp3) is 0.357. The molecule has 4 atom stereocenters. The van der Waals surface area contributed by atoms with Gasteiger partial charge in [-0.1, -0.05) is 86.1 Å². The van der Waals surface area contributed by atoms with Crippen LogP contribution in [-0.2, 0) is 4.74 Å². The number of benzene rings is 3. The molecule has 0 unspecified atom stereocenters. The number of carbonyl (C=O) groups excluding carboxylic acids is 2. The van der Waals surface area contributed by atoms with Crippen molar-refractivity contribution >= 4 is 48.9 Å². The minimum absolute atomic E-state index is 0.0716. The van der Waals surface area contributed by atoms with Crippen LogP contribution in [0.3, 0.4) is 0 Å². The van der Waals surface area contributed by atoms with Crippen LogP contribution in [0.5, 0.6) is 0 Å². The van der Waals surface area contributed by atoms with Gasteiger partial charge in [-0.05, 0) is 34.0 Å². The maximum atomic E-state index is 13.8. The van der Waals surface area contributed by atoms with Gasteiger partial charge in [0.2, 0.25) is 0 Å². The summed E-state index contributed by atoms with van der Waals surface area (Å²) in [5.74, 6) is -0.670. The van der Waals surface area contributed by atoms with E-state index in [2.05, 4.69) is 51.4 Å². The first-order valence-electron chi connectivity index (χ1n) is 11.9. The molecule has 3 aromatic carbocycles. The zero-order valence-electron chi connectivity index (χ0n) is 20.2. The van der Waals surface area contributed by atoms with Gasteiger partial charge in [0, 0.05) is 11.1 Å². The number of hydrogen-bond acceptors (Lipinski definition) is 3. The fourth-order valence-corrected chi connectivity index (χ4v) is 11.4. The highest BCUT2D eigenvalue weighted by atomic mass is 28.3. The van der Waals surface area contributed by atoms with Gasteiger partial charge in [-0.3, -0.25) is 9.59 Å². The summed E-state index contributed by atoms with van der Waals surface area (Å²) in [6.45, 7) is 14.4. The summed E-state index contributed by atoms with van der Waals surface area (Å²) in [5.41, 5.74) is 3.46. The lowest BCUT2D eigenvalue weighted by molar-refractivity contribution is 0.0511. The lowest BCUT2D eigenvalue weighted by atomic mass is 9.65. The van der Waals surface area contributed by atoms with Gasteiger partial charge in [0.15, 0.2) is 11.6 Å². The van der Waals surface area contributed by atoms with Crippen molar-refractivity contribution < 1.29 is 14.3 Å². The second-order valence-corrected chi connectivity index (χ2v) is 22.1. The van der Waals surface area contributed by atoms with Crippen LogP contribution in [0, 0.1) is 11.8 Å². The quantitative estimate of drug-likeness (QED) is 0.473. The van der Waals surface area contributed by atoms with Crippen LogP contribution >= 0.6 is 0 Å². The van der Waals surface area contributed by atoms with Crippen LogP contribution in [-0.4, -0.2) is 27.7 Å². The molecule has 6 rings (SSSR count). The van der Waals surface area contributed by atoms with Crippen LogP contribution in [0.4, 0.5) is 0 Å². The van der Waals surface area contributed by atoms with Crippen molar-refractivity contribution in [1.29, 1.82) is 0 Å². The van der Waals surface area contributed by atoms with Gasteiger partial charge in [0.25, 0.3) is 0 Å². The summed E-state index contributed by atoms with van der Waals surface area (Å²) in [6, 6.07) is 16.5. The highest BCUT2D eigenvalue weighted by Gasteiger charge is 2.60. The molecule has 1 fully saturated rings. The molecule has 3 nitrogen and oxygen atoms in total. The van der Waals surface area contributed by atoms with E-state index in [1.54, 1.807) is 0 Å². The monoisotopic (exact) mass is 470 g/mol. The molecule has 2 heterocycles. The predicted molar refractivity (Wildman–Crippen MR) is 139 cm³/mol. The minimum atomic E-state index is -1.59. The van der Waals surface area contributed by atoms with Gasteiger partial charge in [0.1, 0.15) is 0 Å². The van der Waals surface area contributed by atoms with Crippen LogP contribution in [0.2, 0.25) is 39.3 Å². The van der Waals surface area contributed by atoms with Crippen molar-refractivity contribution in [2.45, 2.75) is 51.5 Å². The molecular weight excluding hydrogens is 440 g/mol. The molecule has 0 aromatic heterocycles. The normalized spacial score (nSPS) is 25.9. The highest BCUT2D eigenvalue weighted by Crippen LogP contribution is 2.60. The molecule has 3 aromatic rings. The average Bonchev–Trinajstić information content (AvgIpc) is 3.31. The van der Waals surface area contributed by atoms with E-state index >= 15 is 0 Å². The van der Waals surface area contributed by atoms with E-state index in [-0.39, 0.29) is 23.8 Å². The third kappa shape index (κ3) is 2.89. The standard InChI is InChI=1S/C28H30O3Si2/c1-32(2,3)21-13-19-20(14-22(21)33(4,5)6)28-24-23(27(19)31-28)25(29)17-11-15-9-7-8-10-16(15)12-18(17)26(24)30/h7-14,23-24,27-28H,1-6H3/t23-,24+,27+,28-. The van der Waals surface area contributed by atoms with Crippen LogP contribution < -0.4 is 10.4 Å². The van der Waals surface area contributed by atoms with Gasteiger partial charge >= 0.3 is 0 Å². The zero-order chi connectivity index (χ0) is 23.4. The maximum Gasteiger partial charge on any atom is 0.170 e. The molecule has 3 aliphatic rings. The number of carbonyl (C=O) groups is 2. The first-order chi connectivity index (χ1) is 15.5. The third-order valence-corrected chi connectivity index (χ3v) is 12.1. The number of rotatable bonds is 2. The van der Waals surface area contributed by atoms with E-state index in [1.165, 1.54) is 10.4 Å². The second kappa shape index (κ2) is 6.62. The van der Waals surface area contributed by atoms with Gasteiger partial charge in [-0.25, -0.2) is 0 Å². The topological polar surface area (TPSA) is 43.4 Å². The molecule has 0 spiro atoms. The largest absolute Gasteiger partial charge is 0.364 e. The molecule has 0 radical (unpaired) electrons. The van der Waals surface area contributed by atoms with Crippen molar-refractivity contribution in [2.24, 2.45) is 11.8 Å². The SMILES string of the molecule is C[Si](C)(C)c1cc2c(cc1[Si](C)(C)C)[C@@H]1O[C@H]2[C@@H]2C(=O)c3cc4ccccc4cc3C(=O)[C@@H]21. The number of hydrogen-bond donors (Lipinski definition) is 0. The number of ketones is 2. The summed E-state index contributed by atoms with van der Waals surface area (Å²) in [5, 5.41) is 4.99. The van der Waals surface area contributed by atoms with E-state index in [0.29, 0.717) is 11.1 Å². The molecule has 2 bridgehead atoms. The van der Waals surface area contributed by atoms with Crippen LogP contribution in [0.1, 0.15) is 44.1 Å². The second-order valence-electron chi connectivity index (χ2n) is 12.0. The summed E-state index contributed by atoms with van der Waals surface area (Å²) in [7, 11) is -3.19. The molecule has 0 amide bonds. The Morgan fingerprint density at radius 2 is 1.03 bits per heavy atom. The van der Waals surface area contributed by atoms with Crippen molar-refractivity contribution in [1.82, 2.24) is 0 Å². The minimum Gasteiger partial charge on any atom is -0.364 e. The Bertz CT molecular complexity index is 1270. The third-order valence-electron chi connectivity index (χ3n) is 7.81. The molecular formula is C28H30O3Si2. The first kappa shape index (κ1) is 21.2. The van der Waals surface area contributed by atoms with E-state index in [4.69, 9.17) is 4.74 Å². The van der Waals surface area contributed by atoms with Crippen molar-refractivity contribution in [3.05, 3.63) is 70.8 Å². The lowest BCUT2D eigenvalue weighted by Gasteiger charge is -2.35. The fourth-order valence-electron chi connectivity index (χ4n) is 6.21. The van der Waals surface area contributed by atoms with Crippen LogP contribution in [0.15, 0.2) is 48.5 Å². The molecule has 0 saturated carbocycles. The van der Waals surface area contributed by atoms with Gasteiger partial charge in [0.05, 0.1) is 40.2 Å². The van der Waals surface area contributed by atoms with E-state index < -0.39 is 28.0 Å². The van der Waals surface area contributed by atoms with Gasteiger partial charge < -0.3 is 4.74 Å². The zero-order valence-corrected chi connectivity index (χ0v) is 22.2. The molecule has 1 saturated heterocycles. The van der Waals surface area contributed by atoms with E-state index in [9.17, 15) is 9.59 Å². The Morgan fingerprint density at radius 3 is 1.39 bits per heavy atom. The first-order valence-corrected chi connectivity index (χ1v) is 18.9. The maximum absolute atomic E-state index is 13.8. The van der Waals surface area contributed by atoms with E-state index in [0.717, 1.165) is 21.9 Å². The Labute approximate surface area is 197 Å². The Balaban J connectivity index is 1.53. The Kier molecular flexibility index (Phi) is 4.25. The molecule has 33 heavy (non-hydrogen) atoms. The van der Waals surface area contributed by atoms with Crippen molar-refractivity contribution in [3.63, 3.8) is 0 Å². The number of Topliss-reactive ketones (excluding diaryl/α,β-unsaturated/α-hetero) is 2. The van der Waals surface area contributed by atoms with E-state index in [1.807, 2.05) is 36.4 Å². The summed E-state index contributed by atoms with van der Waals surface area (Å²) in [4.78, 5) is 27.6. The summed E-state index contributed by atoms with van der Waals surface area (Å²) >= 11 is 0. The molecule has 0 N–H and O–H groups in total. The molecule has 2 aliphatic heterocycles. The van der Waals surface area contributed by atoms with Crippen LogP contribution in [0.25, 0.3) is 10.8 Å². The number of fused-ring (bicyclic) bond motifs is 10. The molecule has 168 valence electrons. The molecule has 1 aliphatic carbocycles. The summed E-state index contributed by atoms with van der Waals surface area (Å²) in [6.07, 6.45) is -0.617. The molecule has 5 heteroatoms. The number of ether oxygens (including phenoxy) is 1. The summed E-state index contributed by atoms with van der Waals surface area (Å²) < 4.78 is 6.48. The lowest BCUT2D eigenvalue weighted by Crippen LogP contribution is -2.57. The smallest absolute Gasteiger partial charge is 0.170 e. The average molecular weight is 471 g/mol. The Morgan fingerprint density at radius 1 is 0.636 bits per heavy atom. The highest BCUT2D eigenvalue weighted by molar-refractivity contribution is 6.98. The van der Waals surface area contributed by atoms with Gasteiger partial charge in [-0.15, -0.1) is 0 Å². The predicted octanol–water partition coefficient (Wildman–Crippen LogP) is 5.37. The van der Waals surface area contributed by atoms with Crippen molar-refractivity contribution in [2.75, 3.05) is 0 Å². The van der Waals surface area contributed by atoms with Crippen molar-refractivity contribution in [3.8, 4) is 0 Å². The van der Waals surface area contributed by atoms with Gasteiger partial charge in [-0.2, -0.15) is 0 Å².